The minimum absolute atomic E-state index is 0. The Labute approximate surface area is 148 Å². The number of nitrogens with one attached hydrogen (secondary N) is 2. The molecule has 1 aliphatic heterocycles. The van der Waals surface area contributed by atoms with Crippen LogP contribution in [-0.4, -0.2) is 38.4 Å². The van der Waals surface area contributed by atoms with Crippen LogP contribution in [0.3, 0.4) is 0 Å². The monoisotopic (exact) mass is 388 g/mol. The molecule has 0 radical (unpaired) electrons. The van der Waals surface area contributed by atoms with E-state index in [0.717, 1.165) is 38.6 Å². The first-order valence-electron chi connectivity index (χ1n) is 8.12. The van der Waals surface area contributed by atoms with Gasteiger partial charge in [0.15, 0.2) is 0 Å². The molecule has 2 aliphatic rings. The Kier molecular flexibility index (Phi) is 7.65. The highest BCUT2D eigenvalue weighted by molar-refractivity contribution is 9.10. The summed E-state index contributed by atoms with van der Waals surface area (Å²) in [6.45, 7) is 3.80. The van der Waals surface area contributed by atoms with Crippen molar-refractivity contribution in [2.45, 2.75) is 37.8 Å². The summed E-state index contributed by atoms with van der Waals surface area (Å²) in [5, 5.41) is 7.42. The van der Waals surface area contributed by atoms with Crippen LogP contribution in [0.2, 0.25) is 0 Å². The van der Waals surface area contributed by atoms with Gasteiger partial charge in [-0.2, -0.15) is 0 Å². The number of halogens is 2. The predicted molar refractivity (Wildman–Crippen MR) is 96.8 cm³/mol. The molecular formula is C17H26BrClN2O. The zero-order chi connectivity index (χ0) is 14.5. The Morgan fingerprint density at radius 3 is 2.91 bits per heavy atom. The third-order valence-corrected chi connectivity index (χ3v) is 5.57. The SMILES string of the molecule is Brc1ccccc1CCNC1CCCC1C1COCCN1.Cl. The lowest BCUT2D eigenvalue weighted by Gasteiger charge is -2.33. The summed E-state index contributed by atoms with van der Waals surface area (Å²) < 4.78 is 6.86. The Hall–Kier alpha value is -0.130. The summed E-state index contributed by atoms with van der Waals surface area (Å²) in [6, 6.07) is 9.70. The number of hydrogen-bond acceptors (Lipinski definition) is 3. The lowest BCUT2D eigenvalue weighted by Crippen LogP contribution is -2.51. The summed E-state index contributed by atoms with van der Waals surface area (Å²) in [5.41, 5.74) is 1.39. The highest BCUT2D eigenvalue weighted by Crippen LogP contribution is 2.29. The standard InChI is InChI=1S/C17H25BrN2O.ClH/c18-15-6-2-1-4-13(15)8-9-19-16-7-3-5-14(16)17-12-21-11-10-20-17;/h1-2,4,6,14,16-17,19-20H,3,5,7-12H2;1H. The molecule has 1 heterocycles. The molecule has 1 saturated carbocycles. The van der Waals surface area contributed by atoms with Gasteiger partial charge in [-0.15, -0.1) is 12.4 Å². The van der Waals surface area contributed by atoms with E-state index >= 15 is 0 Å². The van der Waals surface area contributed by atoms with Gasteiger partial charge in [-0.25, -0.2) is 0 Å². The third-order valence-electron chi connectivity index (χ3n) is 4.80. The molecule has 2 fully saturated rings. The fourth-order valence-electron chi connectivity index (χ4n) is 3.68. The molecule has 0 aromatic heterocycles. The first kappa shape index (κ1) is 18.2. The van der Waals surface area contributed by atoms with Gasteiger partial charge in [-0.3, -0.25) is 0 Å². The topological polar surface area (TPSA) is 33.3 Å². The van der Waals surface area contributed by atoms with E-state index in [9.17, 15) is 0 Å². The summed E-state index contributed by atoms with van der Waals surface area (Å²) in [7, 11) is 0. The molecule has 0 bridgehead atoms. The Morgan fingerprint density at radius 1 is 1.27 bits per heavy atom. The third kappa shape index (κ3) is 4.68. The van der Waals surface area contributed by atoms with Crippen molar-refractivity contribution >= 4 is 28.3 Å². The van der Waals surface area contributed by atoms with Crippen molar-refractivity contribution in [1.82, 2.24) is 10.6 Å². The molecule has 1 aliphatic carbocycles. The van der Waals surface area contributed by atoms with Gasteiger partial charge >= 0.3 is 0 Å². The van der Waals surface area contributed by atoms with Gasteiger partial charge in [0.25, 0.3) is 0 Å². The summed E-state index contributed by atoms with van der Waals surface area (Å²) in [5.74, 6) is 0.726. The van der Waals surface area contributed by atoms with E-state index in [1.54, 1.807) is 0 Å². The molecule has 2 N–H and O–H groups in total. The lowest BCUT2D eigenvalue weighted by atomic mass is 9.94. The number of benzene rings is 1. The fourth-order valence-corrected chi connectivity index (χ4v) is 4.16. The molecule has 124 valence electrons. The van der Waals surface area contributed by atoms with E-state index in [4.69, 9.17) is 4.74 Å². The van der Waals surface area contributed by atoms with Crippen LogP contribution in [0.4, 0.5) is 0 Å². The van der Waals surface area contributed by atoms with Gasteiger partial charge in [0.05, 0.1) is 13.2 Å². The van der Waals surface area contributed by atoms with Gasteiger partial charge in [0, 0.05) is 23.1 Å². The number of morpholine rings is 1. The Balaban J connectivity index is 0.00000176. The normalized spacial score (nSPS) is 28.3. The number of ether oxygens (including phenoxy) is 1. The highest BCUT2D eigenvalue weighted by atomic mass is 79.9. The van der Waals surface area contributed by atoms with E-state index in [0.29, 0.717) is 12.1 Å². The molecule has 1 aromatic rings. The average Bonchev–Trinajstić information content (AvgIpc) is 2.99. The quantitative estimate of drug-likeness (QED) is 0.811. The van der Waals surface area contributed by atoms with Crippen LogP contribution in [0.1, 0.15) is 24.8 Å². The van der Waals surface area contributed by atoms with E-state index in [1.165, 1.54) is 29.3 Å². The van der Waals surface area contributed by atoms with Crippen LogP contribution in [0.5, 0.6) is 0 Å². The van der Waals surface area contributed by atoms with Gasteiger partial charge < -0.3 is 15.4 Å². The van der Waals surface area contributed by atoms with Crippen molar-refractivity contribution in [1.29, 1.82) is 0 Å². The summed E-state index contributed by atoms with van der Waals surface area (Å²) >= 11 is 3.63. The molecule has 1 aromatic carbocycles. The second-order valence-electron chi connectivity index (χ2n) is 6.13. The molecular weight excluding hydrogens is 364 g/mol. The lowest BCUT2D eigenvalue weighted by molar-refractivity contribution is 0.0526. The Morgan fingerprint density at radius 2 is 2.14 bits per heavy atom. The first-order valence-corrected chi connectivity index (χ1v) is 8.92. The minimum atomic E-state index is 0. The maximum Gasteiger partial charge on any atom is 0.0623 e. The molecule has 3 rings (SSSR count). The van der Waals surface area contributed by atoms with E-state index in [1.807, 2.05) is 0 Å². The smallest absolute Gasteiger partial charge is 0.0623 e. The maximum atomic E-state index is 5.64. The van der Waals surface area contributed by atoms with E-state index in [2.05, 4.69) is 50.8 Å². The molecule has 3 nitrogen and oxygen atoms in total. The van der Waals surface area contributed by atoms with Gasteiger partial charge in [-0.1, -0.05) is 40.5 Å². The molecule has 1 saturated heterocycles. The molecule has 0 amide bonds. The van der Waals surface area contributed by atoms with Crippen molar-refractivity contribution in [3.8, 4) is 0 Å². The van der Waals surface area contributed by atoms with Crippen molar-refractivity contribution < 1.29 is 4.74 Å². The zero-order valence-electron chi connectivity index (χ0n) is 12.9. The van der Waals surface area contributed by atoms with Crippen molar-refractivity contribution in [3.05, 3.63) is 34.3 Å². The van der Waals surface area contributed by atoms with Crippen LogP contribution < -0.4 is 10.6 Å². The highest BCUT2D eigenvalue weighted by Gasteiger charge is 2.34. The van der Waals surface area contributed by atoms with Crippen LogP contribution in [0.25, 0.3) is 0 Å². The van der Waals surface area contributed by atoms with Gasteiger partial charge in [0.1, 0.15) is 0 Å². The number of hydrogen-bond donors (Lipinski definition) is 2. The van der Waals surface area contributed by atoms with Gasteiger partial charge in [0.2, 0.25) is 0 Å². The van der Waals surface area contributed by atoms with Crippen LogP contribution >= 0.6 is 28.3 Å². The molecule has 5 heteroatoms. The second-order valence-corrected chi connectivity index (χ2v) is 6.99. The summed E-state index contributed by atoms with van der Waals surface area (Å²) in [4.78, 5) is 0. The van der Waals surface area contributed by atoms with Crippen LogP contribution in [0, 0.1) is 5.92 Å². The molecule has 0 spiro atoms. The van der Waals surface area contributed by atoms with Crippen molar-refractivity contribution in [2.24, 2.45) is 5.92 Å². The van der Waals surface area contributed by atoms with Crippen LogP contribution in [-0.2, 0) is 11.2 Å². The average molecular weight is 390 g/mol. The van der Waals surface area contributed by atoms with Crippen molar-refractivity contribution in [2.75, 3.05) is 26.3 Å². The maximum absolute atomic E-state index is 5.64. The minimum Gasteiger partial charge on any atom is -0.379 e. The zero-order valence-corrected chi connectivity index (χ0v) is 15.3. The Bertz CT molecular complexity index is 454. The van der Waals surface area contributed by atoms with E-state index in [-0.39, 0.29) is 12.4 Å². The number of rotatable bonds is 5. The fraction of sp³-hybridized carbons (Fsp3) is 0.647. The largest absolute Gasteiger partial charge is 0.379 e. The molecule has 3 unspecified atom stereocenters. The summed E-state index contributed by atoms with van der Waals surface area (Å²) in [6.07, 6.45) is 5.06. The molecule has 22 heavy (non-hydrogen) atoms. The predicted octanol–water partition coefficient (Wildman–Crippen LogP) is 3.16. The second kappa shape index (κ2) is 9.24. The van der Waals surface area contributed by atoms with Crippen molar-refractivity contribution in [3.63, 3.8) is 0 Å². The molecule has 3 atom stereocenters. The van der Waals surface area contributed by atoms with Crippen LogP contribution in [0.15, 0.2) is 28.7 Å². The van der Waals surface area contributed by atoms with E-state index < -0.39 is 0 Å². The first-order chi connectivity index (χ1) is 10.3. The van der Waals surface area contributed by atoms with Gasteiger partial charge in [-0.05, 0) is 43.4 Å².